The molecule has 1 aliphatic rings. The van der Waals surface area contributed by atoms with Crippen molar-refractivity contribution in [2.75, 3.05) is 46.9 Å². The topological polar surface area (TPSA) is 68.3 Å². The number of ether oxygens (including phenoxy) is 3. The number of likely N-dealkylation sites (N-methyl/N-ethyl adjacent to an activating group) is 1. The van der Waals surface area contributed by atoms with E-state index in [0.717, 1.165) is 16.2 Å². The summed E-state index contributed by atoms with van der Waals surface area (Å²) < 4.78 is 16.7. The molecule has 168 valence electrons. The summed E-state index contributed by atoms with van der Waals surface area (Å²) in [5, 5.41) is 0. The smallest absolute Gasteiger partial charge is 0.326 e. The van der Waals surface area contributed by atoms with Crippen LogP contribution in [0.1, 0.15) is 30.4 Å². The second-order valence-electron chi connectivity index (χ2n) is 8.64. The summed E-state index contributed by atoms with van der Waals surface area (Å²) in [6.07, 6.45) is 0. The minimum atomic E-state index is -0.596. The lowest BCUT2D eigenvalue weighted by Crippen LogP contribution is -2.41. The lowest BCUT2D eigenvalue weighted by molar-refractivity contribution is -0.155. The van der Waals surface area contributed by atoms with Crippen molar-refractivity contribution < 1.29 is 23.8 Å². The molecule has 0 bridgehead atoms. The van der Waals surface area contributed by atoms with Gasteiger partial charge in [0.2, 0.25) is 0 Å². The molecule has 8 heteroatoms. The molecule has 3 rings (SSSR count). The fourth-order valence-corrected chi connectivity index (χ4v) is 4.03. The van der Waals surface area contributed by atoms with E-state index >= 15 is 0 Å². The Morgan fingerprint density at radius 2 is 1.74 bits per heavy atom. The number of carbonyl (C=O) groups is 2. The Labute approximate surface area is 187 Å². The molecule has 0 atom stereocenters. The van der Waals surface area contributed by atoms with Gasteiger partial charge in [-0.2, -0.15) is 0 Å². The lowest BCUT2D eigenvalue weighted by atomic mass is 10.1. The van der Waals surface area contributed by atoms with Gasteiger partial charge in [-0.05, 0) is 70.8 Å². The summed E-state index contributed by atoms with van der Waals surface area (Å²) in [6.45, 7) is 7.51. The summed E-state index contributed by atoms with van der Waals surface area (Å²) in [6, 6.07) is 9.49. The molecular formula is C23H30N2O5S. The normalized spacial score (nSPS) is 13.2. The predicted molar refractivity (Wildman–Crippen MR) is 121 cm³/mol. The van der Waals surface area contributed by atoms with Crippen LogP contribution in [-0.4, -0.2) is 74.2 Å². The van der Waals surface area contributed by atoms with Crippen LogP contribution < -0.4 is 9.47 Å². The zero-order valence-electron chi connectivity index (χ0n) is 18.8. The van der Waals surface area contributed by atoms with Crippen LogP contribution in [0.15, 0.2) is 30.3 Å². The van der Waals surface area contributed by atoms with Crippen molar-refractivity contribution in [3.63, 3.8) is 0 Å². The van der Waals surface area contributed by atoms with Crippen molar-refractivity contribution in [2.24, 2.45) is 0 Å². The van der Waals surface area contributed by atoms with E-state index in [2.05, 4.69) is 0 Å². The Morgan fingerprint density at radius 3 is 2.42 bits per heavy atom. The first-order chi connectivity index (χ1) is 14.6. The Hall–Kier alpha value is -2.58. The number of hydrogen-bond acceptors (Lipinski definition) is 7. The molecule has 0 spiro atoms. The van der Waals surface area contributed by atoms with Gasteiger partial charge >= 0.3 is 5.97 Å². The molecule has 1 amide bonds. The fourth-order valence-electron chi connectivity index (χ4n) is 3.06. The van der Waals surface area contributed by atoms with Gasteiger partial charge in [0.25, 0.3) is 5.91 Å². The van der Waals surface area contributed by atoms with E-state index < -0.39 is 11.6 Å². The third kappa shape index (κ3) is 6.45. The van der Waals surface area contributed by atoms with E-state index in [9.17, 15) is 9.59 Å². The summed E-state index contributed by atoms with van der Waals surface area (Å²) in [5.74, 6) is 0.849. The maximum Gasteiger partial charge on any atom is 0.326 e. The SMILES string of the molecule is CN(C)CCN(CC(=O)OC(C)(C)C)C(=O)c1ccc(-c2ccc3c(c2)OCCO3)s1. The number of carbonyl (C=O) groups excluding carboxylic acids is 2. The van der Waals surface area contributed by atoms with Gasteiger partial charge in [0.1, 0.15) is 25.4 Å². The molecule has 0 saturated carbocycles. The molecule has 0 radical (unpaired) electrons. The second-order valence-corrected chi connectivity index (χ2v) is 9.72. The average molecular weight is 447 g/mol. The minimum absolute atomic E-state index is 0.0821. The molecule has 2 heterocycles. The molecule has 1 aliphatic heterocycles. The highest BCUT2D eigenvalue weighted by Crippen LogP contribution is 2.37. The summed E-state index contributed by atoms with van der Waals surface area (Å²) in [7, 11) is 3.86. The van der Waals surface area contributed by atoms with Crippen molar-refractivity contribution in [2.45, 2.75) is 26.4 Å². The lowest BCUT2D eigenvalue weighted by Gasteiger charge is -2.26. The first-order valence-electron chi connectivity index (χ1n) is 10.3. The van der Waals surface area contributed by atoms with Crippen LogP contribution in [0, 0.1) is 0 Å². The number of fused-ring (bicyclic) bond motifs is 1. The van der Waals surface area contributed by atoms with Crippen LogP contribution in [0.25, 0.3) is 10.4 Å². The molecule has 31 heavy (non-hydrogen) atoms. The second kappa shape index (κ2) is 9.70. The van der Waals surface area contributed by atoms with Crippen LogP contribution >= 0.6 is 11.3 Å². The van der Waals surface area contributed by atoms with Gasteiger partial charge < -0.3 is 24.0 Å². The standard InChI is InChI=1S/C23H30N2O5S/c1-23(2,3)30-21(26)15-25(11-10-24(4)5)22(27)20-9-8-19(31-20)16-6-7-17-18(14-16)29-13-12-28-17/h6-9,14H,10-13,15H2,1-5H3. The average Bonchev–Trinajstić information content (AvgIpc) is 3.19. The van der Waals surface area contributed by atoms with Crippen LogP contribution in [0.3, 0.4) is 0 Å². The molecule has 1 aromatic carbocycles. The molecule has 0 fully saturated rings. The maximum atomic E-state index is 13.2. The fraction of sp³-hybridized carbons (Fsp3) is 0.478. The van der Waals surface area contributed by atoms with Crippen LogP contribution in [0.4, 0.5) is 0 Å². The quantitative estimate of drug-likeness (QED) is 0.606. The van der Waals surface area contributed by atoms with E-state index in [0.29, 0.717) is 36.9 Å². The van der Waals surface area contributed by atoms with Crippen molar-refractivity contribution in [1.29, 1.82) is 0 Å². The monoisotopic (exact) mass is 446 g/mol. The molecule has 1 aromatic heterocycles. The van der Waals surface area contributed by atoms with Gasteiger partial charge in [-0.1, -0.05) is 0 Å². The van der Waals surface area contributed by atoms with Crippen molar-refractivity contribution in [1.82, 2.24) is 9.80 Å². The molecular weight excluding hydrogens is 416 g/mol. The summed E-state index contributed by atoms with van der Waals surface area (Å²) in [5.41, 5.74) is 0.363. The molecule has 2 aromatic rings. The summed E-state index contributed by atoms with van der Waals surface area (Å²) >= 11 is 1.39. The van der Waals surface area contributed by atoms with Gasteiger partial charge in [-0.25, -0.2) is 0 Å². The van der Waals surface area contributed by atoms with Crippen molar-refractivity contribution in [3.05, 3.63) is 35.2 Å². The highest BCUT2D eigenvalue weighted by Gasteiger charge is 2.24. The van der Waals surface area contributed by atoms with Crippen LogP contribution in [0.5, 0.6) is 11.5 Å². The maximum absolute atomic E-state index is 13.2. The van der Waals surface area contributed by atoms with Gasteiger partial charge in [0.05, 0.1) is 4.88 Å². The number of nitrogens with zero attached hydrogens (tertiary/aromatic N) is 2. The Bertz CT molecular complexity index is 932. The van der Waals surface area contributed by atoms with Gasteiger partial charge in [0, 0.05) is 18.0 Å². The third-order valence-electron chi connectivity index (χ3n) is 4.49. The van der Waals surface area contributed by atoms with Gasteiger partial charge in [-0.15, -0.1) is 11.3 Å². The zero-order chi connectivity index (χ0) is 22.6. The highest BCUT2D eigenvalue weighted by molar-refractivity contribution is 7.17. The zero-order valence-corrected chi connectivity index (χ0v) is 19.6. The van der Waals surface area contributed by atoms with E-state index in [1.54, 1.807) is 11.0 Å². The van der Waals surface area contributed by atoms with Gasteiger partial charge in [0.15, 0.2) is 11.5 Å². The third-order valence-corrected chi connectivity index (χ3v) is 5.61. The Morgan fingerprint density at radius 1 is 1.03 bits per heavy atom. The highest BCUT2D eigenvalue weighted by atomic mass is 32.1. The number of amides is 1. The Kier molecular flexibility index (Phi) is 7.23. The van der Waals surface area contributed by atoms with Crippen molar-refractivity contribution >= 4 is 23.2 Å². The van der Waals surface area contributed by atoms with E-state index in [-0.39, 0.29) is 12.5 Å². The summed E-state index contributed by atoms with van der Waals surface area (Å²) in [4.78, 5) is 30.6. The van der Waals surface area contributed by atoms with E-state index in [1.807, 2.05) is 64.0 Å². The van der Waals surface area contributed by atoms with E-state index in [4.69, 9.17) is 14.2 Å². The first kappa shape index (κ1) is 23.1. The number of rotatable bonds is 7. The predicted octanol–water partition coefficient (Wildman–Crippen LogP) is 3.53. The minimum Gasteiger partial charge on any atom is -0.486 e. The number of esters is 1. The van der Waals surface area contributed by atoms with Crippen molar-refractivity contribution in [3.8, 4) is 21.9 Å². The number of hydrogen-bond donors (Lipinski definition) is 0. The van der Waals surface area contributed by atoms with Crippen LogP contribution in [-0.2, 0) is 9.53 Å². The first-order valence-corrected chi connectivity index (χ1v) is 11.1. The molecule has 0 N–H and O–H groups in total. The largest absolute Gasteiger partial charge is 0.486 e. The van der Waals surface area contributed by atoms with Gasteiger partial charge in [-0.3, -0.25) is 9.59 Å². The Balaban J connectivity index is 1.76. The number of thiophene rings is 1. The molecule has 0 unspecified atom stereocenters. The van der Waals surface area contributed by atoms with Crippen LogP contribution in [0.2, 0.25) is 0 Å². The van der Waals surface area contributed by atoms with E-state index in [1.165, 1.54) is 11.3 Å². The number of benzene rings is 1. The molecule has 7 nitrogen and oxygen atoms in total. The molecule has 0 aliphatic carbocycles. The molecule has 0 saturated heterocycles.